The number of ether oxygens (including phenoxy) is 1. The van der Waals surface area contributed by atoms with Crippen molar-refractivity contribution in [2.24, 2.45) is 0 Å². The summed E-state index contributed by atoms with van der Waals surface area (Å²) in [4.78, 5) is 32.3. The van der Waals surface area contributed by atoms with Gasteiger partial charge in [-0.05, 0) is 55.9 Å². The standard InChI is InChI=1S/C24H28N4O4S/c1-4-26(5-2)16-17-27(22(29)15-12-18-10-13-19(14-11-18)28(30)31)24-25-23-20(32-6-3)8-7-9-21(23)33-24/h7-15H,4-6,16-17H2,1-3H3/b15-12-. The van der Waals surface area contributed by atoms with Crippen molar-refractivity contribution in [3.8, 4) is 5.75 Å². The van der Waals surface area contributed by atoms with Crippen molar-refractivity contribution in [1.82, 2.24) is 9.88 Å². The first kappa shape index (κ1) is 24.3. The molecule has 8 nitrogen and oxygen atoms in total. The number of carbonyl (C=O) groups excluding carboxylic acids is 1. The number of fused-ring (bicyclic) bond motifs is 1. The fraction of sp³-hybridized carbons (Fsp3) is 0.333. The zero-order valence-electron chi connectivity index (χ0n) is 19.1. The van der Waals surface area contributed by atoms with Gasteiger partial charge in [0.1, 0.15) is 11.3 Å². The Kier molecular flexibility index (Phi) is 8.51. The van der Waals surface area contributed by atoms with Gasteiger partial charge in [-0.1, -0.05) is 31.3 Å². The smallest absolute Gasteiger partial charge is 0.269 e. The first-order chi connectivity index (χ1) is 16.0. The first-order valence-electron chi connectivity index (χ1n) is 11.0. The third-order valence-electron chi connectivity index (χ3n) is 5.22. The van der Waals surface area contributed by atoms with E-state index in [1.807, 2.05) is 25.1 Å². The molecule has 33 heavy (non-hydrogen) atoms. The van der Waals surface area contributed by atoms with Gasteiger partial charge < -0.3 is 9.64 Å². The number of rotatable bonds is 11. The van der Waals surface area contributed by atoms with Crippen LogP contribution in [0.2, 0.25) is 0 Å². The molecule has 1 amide bonds. The number of anilines is 1. The van der Waals surface area contributed by atoms with Gasteiger partial charge in [0.25, 0.3) is 11.6 Å². The highest BCUT2D eigenvalue weighted by atomic mass is 32.1. The highest BCUT2D eigenvalue weighted by molar-refractivity contribution is 7.22. The van der Waals surface area contributed by atoms with E-state index >= 15 is 0 Å². The first-order valence-corrected chi connectivity index (χ1v) is 11.8. The summed E-state index contributed by atoms with van der Waals surface area (Å²) >= 11 is 1.45. The van der Waals surface area contributed by atoms with Gasteiger partial charge in [-0.2, -0.15) is 0 Å². The maximum absolute atomic E-state index is 13.2. The topological polar surface area (TPSA) is 88.8 Å². The van der Waals surface area contributed by atoms with Crippen LogP contribution >= 0.6 is 11.3 Å². The Morgan fingerprint density at radius 3 is 2.48 bits per heavy atom. The Labute approximate surface area is 197 Å². The second-order valence-electron chi connectivity index (χ2n) is 7.23. The lowest BCUT2D eigenvalue weighted by Crippen LogP contribution is -2.38. The van der Waals surface area contributed by atoms with Crippen LogP contribution in [0.25, 0.3) is 16.3 Å². The number of benzene rings is 2. The molecule has 0 saturated heterocycles. The quantitative estimate of drug-likeness (QED) is 0.224. The van der Waals surface area contributed by atoms with Gasteiger partial charge >= 0.3 is 0 Å². The number of thiazole rings is 1. The molecular formula is C24H28N4O4S. The Morgan fingerprint density at radius 2 is 1.85 bits per heavy atom. The molecule has 3 aromatic rings. The summed E-state index contributed by atoms with van der Waals surface area (Å²) < 4.78 is 6.66. The molecular weight excluding hydrogens is 440 g/mol. The number of nitro benzene ring substituents is 1. The average Bonchev–Trinajstić information content (AvgIpc) is 3.26. The molecule has 0 aliphatic rings. The largest absolute Gasteiger partial charge is 0.492 e. The Hall–Kier alpha value is -3.30. The van der Waals surface area contributed by atoms with Gasteiger partial charge in [0.05, 0.1) is 16.2 Å². The molecule has 0 aliphatic heterocycles. The van der Waals surface area contributed by atoms with Gasteiger partial charge in [-0.25, -0.2) is 4.98 Å². The molecule has 0 bridgehead atoms. The van der Waals surface area contributed by atoms with Crippen molar-refractivity contribution in [3.63, 3.8) is 0 Å². The molecule has 0 aliphatic carbocycles. The third kappa shape index (κ3) is 6.15. The number of non-ortho nitro benzene ring substituents is 1. The minimum Gasteiger partial charge on any atom is -0.492 e. The maximum Gasteiger partial charge on any atom is 0.269 e. The van der Waals surface area contributed by atoms with Crippen LogP contribution < -0.4 is 9.64 Å². The van der Waals surface area contributed by atoms with Crippen molar-refractivity contribution >= 4 is 44.4 Å². The summed E-state index contributed by atoms with van der Waals surface area (Å²) in [5.41, 5.74) is 1.47. The Bertz CT molecular complexity index is 1120. The van der Waals surface area contributed by atoms with Crippen LogP contribution in [-0.4, -0.2) is 53.5 Å². The van der Waals surface area contributed by atoms with Crippen LogP contribution in [0.4, 0.5) is 10.8 Å². The summed E-state index contributed by atoms with van der Waals surface area (Å²) in [5.74, 6) is 0.507. The summed E-state index contributed by atoms with van der Waals surface area (Å²) in [6.07, 6.45) is 3.15. The average molecular weight is 469 g/mol. The number of likely N-dealkylation sites (N-methyl/N-ethyl adjacent to an activating group) is 1. The highest BCUT2D eigenvalue weighted by Crippen LogP contribution is 2.34. The Morgan fingerprint density at radius 1 is 1.12 bits per heavy atom. The highest BCUT2D eigenvalue weighted by Gasteiger charge is 2.20. The second kappa shape index (κ2) is 11.5. The molecule has 1 aromatic heterocycles. The summed E-state index contributed by atoms with van der Waals surface area (Å²) in [6.45, 7) is 9.65. The van der Waals surface area contributed by atoms with Gasteiger partial charge in [0.15, 0.2) is 5.13 Å². The SMILES string of the molecule is CCOc1cccc2sc(N(CCN(CC)CC)C(=O)/C=C\c3ccc([N+](=O)[O-])cc3)nc12. The lowest BCUT2D eigenvalue weighted by Gasteiger charge is -2.23. The number of aromatic nitrogens is 1. The summed E-state index contributed by atoms with van der Waals surface area (Å²) in [5, 5.41) is 11.5. The van der Waals surface area contributed by atoms with E-state index in [1.165, 1.54) is 29.5 Å². The van der Waals surface area contributed by atoms with E-state index in [1.54, 1.807) is 23.1 Å². The predicted molar refractivity (Wildman–Crippen MR) is 133 cm³/mol. The van der Waals surface area contributed by atoms with Crippen molar-refractivity contribution in [3.05, 3.63) is 64.2 Å². The zero-order valence-corrected chi connectivity index (χ0v) is 19.9. The maximum atomic E-state index is 13.2. The molecule has 0 saturated carbocycles. The normalized spacial score (nSPS) is 11.4. The van der Waals surface area contributed by atoms with E-state index in [0.717, 1.165) is 29.9 Å². The molecule has 9 heteroatoms. The van der Waals surface area contributed by atoms with Crippen LogP contribution in [0.1, 0.15) is 26.3 Å². The van der Waals surface area contributed by atoms with Gasteiger partial charge in [-0.15, -0.1) is 0 Å². The predicted octanol–water partition coefficient (Wildman–Crippen LogP) is 4.99. The number of para-hydroxylation sites is 1. The van der Waals surface area contributed by atoms with Crippen molar-refractivity contribution in [2.75, 3.05) is 37.7 Å². The molecule has 0 fully saturated rings. The summed E-state index contributed by atoms with van der Waals surface area (Å²) in [6, 6.07) is 11.9. The minimum absolute atomic E-state index is 0.0129. The number of amides is 1. The second-order valence-corrected chi connectivity index (χ2v) is 8.24. The van der Waals surface area contributed by atoms with Gasteiger partial charge in [0, 0.05) is 31.3 Å². The number of carbonyl (C=O) groups is 1. The molecule has 0 N–H and O–H groups in total. The molecule has 1 heterocycles. The fourth-order valence-corrected chi connectivity index (χ4v) is 4.36. The zero-order chi connectivity index (χ0) is 23.8. The van der Waals surface area contributed by atoms with Crippen LogP contribution in [-0.2, 0) is 4.79 Å². The number of hydrogen-bond donors (Lipinski definition) is 0. The number of nitrogens with zero attached hydrogens (tertiary/aromatic N) is 4. The van der Waals surface area contributed by atoms with Crippen molar-refractivity contribution in [1.29, 1.82) is 0 Å². The van der Waals surface area contributed by atoms with Gasteiger partial charge in [0.2, 0.25) is 0 Å². The number of nitro groups is 1. The monoisotopic (exact) mass is 468 g/mol. The fourth-order valence-electron chi connectivity index (χ4n) is 3.34. The molecule has 0 atom stereocenters. The van der Waals surface area contributed by atoms with E-state index < -0.39 is 4.92 Å². The molecule has 3 rings (SSSR count). The van der Waals surface area contributed by atoms with Crippen LogP contribution in [0.3, 0.4) is 0 Å². The molecule has 2 aromatic carbocycles. The lowest BCUT2D eigenvalue weighted by atomic mass is 10.2. The van der Waals surface area contributed by atoms with Crippen molar-refractivity contribution in [2.45, 2.75) is 20.8 Å². The summed E-state index contributed by atoms with van der Waals surface area (Å²) in [7, 11) is 0. The van der Waals surface area contributed by atoms with E-state index in [-0.39, 0.29) is 11.6 Å². The van der Waals surface area contributed by atoms with Crippen molar-refractivity contribution < 1.29 is 14.5 Å². The Balaban J connectivity index is 1.88. The van der Waals surface area contributed by atoms with E-state index in [2.05, 4.69) is 18.7 Å². The molecule has 0 radical (unpaired) electrons. The molecule has 0 spiro atoms. The molecule has 0 unspecified atom stereocenters. The van der Waals surface area contributed by atoms with E-state index in [4.69, 9.17) is 9.72 Å². The van der Waals surface area contributed by atoms with E-state index in [0.29, 0.717) is 29.6 Å². The third-order valence-corrected chi connectivity index (χ3v) is 6.27. The van der Waals surface area contributed by atoms with Crippen LogP contribution in [0.5, 0.6) is 5.75 Å². The van der Waals surface area contributed by atoms with Crippen LogP contribution in [0.15, 0.2) is 48.5 Å². The number of hydrogen-bond acceptors (Lipinski definition) is 7. The van der Waals surface area contributed by atoms with Gasteiger partial charge in [-0.3, -0.25) is 19.8 Å². The molecule has 174 valence electrons. The minimum atomic E-state index is -0.447. The van der Waals surface area contributed by atoms with E-state index in [9.17, 15) is 14.9 Å². The lowest BCUT2D eigenvalue weighted by molar-refractivity contribution is -0.384. The van der Waals surface area contributed by atoms with Crippen LogP contribution in [0, 0.1) is 10.1 Å².